The zero-order chi connectivity index (χ0) is 27.6. The predicted octanol–water partition coefficient (Wildman–Crippen LogP) is 6.76. The molecule has 0 unspecified atom stereocenters. The van der Waals surface area contributed by atoms with Gasteiger partial charge in [-0.1, -0.05) is 121 Å². The number of fused-ring (bicyclic) bond motifs is 4. The minimum absolute atomic E-state index is 0.156. The standard InChI is InChI=1S/C39H23BN2/c1-41-31-18-10-19-32-34(31)28-22-21-25-23-24-11-8-16-29-35(24)40-36(25)38(28)42(32)33-20-9-17-30(37(33)40)39(29,26-12-4-2-5-13-26)27-14-6-3-7-15-27/h2-22H,23H2. The van der Waals surface area contributed by atoms with Crippen molar-refractivity contribution in [2.45, 2.75) is 11.8 Å². The number of nitrogens with zero attached hydrogens (tertiary/aromatic N) is 2. The van der Waals surface area contributed by atoms with Gasteiger partial charge in [0.05, 0.1) is 12.0 Å². The number of hydrogen-bond donors (Lipinski definition) is 0. The number of hydrogen-bond acceptors (Lipinski definition) is 0. The Hall–Kier alpha value is -5.33. The fourth-order valence-corrected chi connectivity index (χ4v) is 8.78. The SMILES string of the molecule is [C-]#[N+]c1cccc2c1c1ccc3c4c1n2-c1cccc2c1B4c1c(cccc1C2(c1ccccc1)c1ccccc1)C3. The van der Waals surface area contributed by atoms with Crippen molar-refractivity contribution in [3.05, 3.63) is 172 Å². The molecule has 3 heteroatoms. The van der Waals surface area contributed by atoms with Crippen molar-refractivity contribution >= 4 is 50.6 Å². The molecule has 0 radical (unpaired) electrons. The Kier molecular flexibility index (Phi) is 4.10. The lowest BCUT2D eigenvalue weighted by atomic mass is 9.27. The monoisotopic (exact) mass is 530 g/mol. The first kappa shape index (κ1) is 22.4. The van der Waals surface area contributed by atoms with Crippen LogP contribution in [0.2, 0.25) is 0 Å². The molecule has 7 aromatic rings. The van der Waals surface area contributed by atoms with Crippen molar-refractivity contribution in [1.29, 1.82) is 0 Å². The summed E-state index contributed by atoms with van der Waals surface area (Å²) >= 11 is 0. The smallest absolute Gasteiger partial charge is 0.248 e. The summed E-state index contributed by atoms with van der Waals surface area (Å²) in [6.07, 6.45) is 0.916. The highest BCUT2D eigenvalue weighted by Gasteiger charge is 2.52. The molecule has 4 heterocycles. The van der Waals surface area contributed by atoms with Gasteiger partial charge >= 0.3 is 0 Å². The van der Waals surface area contributed by atoms with Crippen LogP contribution in [0.3, 0.4) is 0 Å². The molecule has 3 aliphatic heterocycles. The fraction of sp³-hybridized carbons (Fsp3) is 0.0513. The second-order valence-corrected chi connectivity index (χ2v) is 11.9. The van der Waals surface area contributed by atoms with Crippen LogP contribution in [-0.4, -0.2) is 11.3 Å². The predicted molar refractivity (Wildman–Crippen MR) is 173 cm³/mol. The Labute approximate surface area is 244 Å². The highest BCUT2D eigenvalue weighted by Crippen LogP contribution is 2.49. The van der Waals surface area contributed by atoms with E-state index in [4.69, 9.17) is 6.57 Å². The first-order valence-corrected chi connectivity index (χ1v) is 14.7. The lowest BCUT2D eigenvalue weighted by Gasteiger charge is -2.48. The first-order valence-electron chi connectivity index (χ1n) is 14.7. The van der Waals surface area contributed by atoms with Gasteiger partial charge in [-0.3, -0.25) is 0 Å². The van der Waals surface area contributed by atoms with Crippen LogP contribution in [0.5, 0.6) is 0 Å². The van der Waals surface area contributed by atoms with Crippen molar-refractivity contribution in [3.8, 4) is 5.69 Å². The summed E-state index contributed by atoms with van der Waals surface area (Å²) in [4.78, 5) is 3.98. The summed E-state index contributed by atoms with van der Waals surface area (Å²) in [5, 5.41) is 2.26. The molecular formula is C39H23BN2. The lowest BCUT2D eigenvalue weighted by molar-refractivity contribution is 0.748. The van der Waals surface area contributed by atoms with E-state index in [-0.39, 0.29) is 6.71 Å². The van der Waals surface area contributed by atoms with E-state index >= 15 is 0 Å². The Morgan fingerprint density at radius 2 is 1.29 bits per heavy atom. The third kappa shape index (κ3) is 2.41. The zero-order valence-electron chi connectivity index (χ0n) is 22.8. The average Bonchev–Trinajstić information content (AvgIpc) is 3.40. The van der Waals surface area contributed by atoms with Crippen LogP contribution in [0.1, 0.15) is 33.4 Å². The van der Waals surface area contributed by atoms with Crippen LogP contribution in [0.15, 0.2) is 127 Å². The molecule has 0 amide bonds. The van der Waals surface area contributed by atoms with Gasteiger partial charge in [0.15, 0.2) is 5.69 Å². The van der Waals surface area contributed by atoms with Crippen LogP contribution in [0, 0.1) is 6.57 Å². The molecule has 42 heavy (non-hydrogen) atoms. The van der Waals surface area contributed by atoms with Crippen molar-refractivity contribution in [2.75, 3.05) is 0 Å². The van der Waals surface area contributed by atoms with Gasteiger partial charge in [0.1, 0.15) is 0 Å². The van der Waals surface area contributed by atoms with Crippen molar-refractivity contribution < 1.29 is 0 Å². The molecule has 0 aliphatic carbocycles. The van der Waals surface area contributed by atoms with E-state index in [1.165, 1.54) is 66.4 Å². The van der Waals surface area contributed by atoms with Gasteiger partial charge in [0.2, 0.25) is 6.71 Å². The van der Waals surface area contributed by atoms with Gasteiger partial charge in [-0.05, 0) is 68.2 Å². The summed E-state index contributed by atoms with van der Waals surface area (Å²) in [7, 11) is 0. The molecule has 192 valence electrons. The fourth-order valence-electron chi connectivity index (χ4n) is 8.78. The second kappa shape index (κ2) is 7.69. The number of rotatable bonds is 2. The van der Waals surface area contributed by atoms with Crippen molar-refractivity contribution in [1.82, 2.24) is 4.57 Å². The molecule has 2 nitrogen and oxygen atoms in total. The third-order valence-corrected chi connectivity index (χ3v) is 10.2. The Balaban J connectivity index is 1.48. The van der Waals surface area contributed by atoms with Crippen molar-refractivity contribution in [3.63, 3.8) is 0 Å². The van der Waals surface area contributed by atoms with Gasteiger partial charge < -0.3 is 4.57 Å². The van der Waals surface area contributed by atoms with E-state index in [0.717, 1.165) is 23.0 Å². The van der Waals surface area contributed by atoms with E-state index < -0.39 is 5.41 Å². The van der Waals surface area contributed by atoms with Gasteiger partial charge in [-0.25, -0.2) is 4.85 Å². The maximum atomic E-state index is 8.01. The minimum Gasteiger partial charge on any atom is -0.312 e. The summed E-state index contributed by atoms with van der Waals surface area (Å²) in [6, 6.07) is 46.9. The quantitative estimate of drug-likeness (QED) is 0.173. The van der Waals surface area contributed by atoms with E-state index in [0.29, 0.717) is 0 Å². The largest absolute Gasteiger partial charge is 0.312 e. The van der Waals surface area contributed by atoms with Crippen LogP contribution in [-0.2, 0) is 11.8 Å². The molecule has 1 aromatic heterocycles. The lowest BCUT2D eigenvalue weighted by Crippen LogP contribution is -2.67. The minimum atomic E-state index is -0.455. The molecule has 6 aromatic carbocycles. The molecule has 10 rings (SSSR count). The Bertz CT molecular complexity index is 2300. The molecule has 3 aliphatic rings. The number of benzene rings is 6. The van der Waals surface area contributed by atoms with Crippen molar-refractivity contribution in [2.24, 2.45) is 0 Å². The van der Waals surface area contributed by atoms with Crippen LogP contribution >= 0.6 is 0 Å². The van der Waals surface area contributed by atoms with Gasteiger partial charge in [-0.2, -0.15) is 0 Å². The highest BCUT2D eigenvalue weighted by molar-refractivity contribution is 7.00. The van der Waals surface area contributed by atoms with E-state index in [1.807, 2.05) is 12.1 Å². The molecule has 0 bridgehead atoms. The molecule has 0 fully saturated rings. The third-order valence-electron chi connectivity index (χ3n) is 10.2. The van der Waals surface area contributed by atoms with Gasteiger partial charge in [-0.15, -0.1) is 0 Å². The molecule has 0 atom stereocenters. The molecule has 0 saturated carbocycles. The normalized spacial score (nSPS) is 14.7. The highest BCUT2D eigenvalue weighted by atomic mass is 15.0. The van der Waals surface area contributed by atoms with Crippen LogP contribution in [0.25, 0.3) is 32.3 Å². The molecule has 0 N–H and O–H groups in total. The molecular weight excluding hydrogens is 507 g/mol. The maximum Gasteiger partial charge on any atom is 0.248 e. The zero-order valence-corrected chi connectivity index (χ0v) is 22.8. The van der Waals surface area contributed by atoms with E-state index in [2.05, 4.69) is 125 Å². The summed E-state index contributed by atoms with van der Waals surface area (Å²) in [5.74, 6) is 0. The Morgan fingerprint density at radius 1 is 0.619 bits per heavy atom. The van der Waals surface area contributed by atoms with Gasteiger partial charge in [0.25, 0.3) is 0 Å². The van der Waals surface area contributed by atoms with Gasteiger partial charge in [0, 0.05) is 22.1 Å². The Morgan fingerprint density at radius 3 is 2.02 bits per heavy atom. The van der Waals surface area contributed by atoms with Crippen LogP contribution < -0.4 is 16.4 Å². The van der Waals surface area contributed by atoms with E-state index in [1.54, 1.807) is 0 Å². The first-order chi connectivity index (χ1) is 20.8. The summed E-state index contributed by atoms with van der Waals surface area (Å²) in [5.41, 5.74) is 16.3. The van der Waals surface area contributed by atoms with Crippen LogP contribution in [0.4, 0.5) is 5.69 Å². The number of aromatic nitrogens is 1. The van der Waals surface area contributed by atoms with E-state index in [9.17, 15) is 0 Å². The second-order valence-electron chi connectivity index (χ2n) is 11.9. The topological polar surface area (TPSA) is 9.29 Å². The molecule has 0 spiro atoms. The summed E-state index contributed by atoms with van der Waals surface area (Å²) < 4.78 is 2.48. The summed E-state index contributed by atoms with van der Waals surface area (Å²) in [6.45, 7) is 8.16. The maximum absolute atomic E-state index is 8.01. The molecule has 0 saturated heterocycles. The average molecular weight is 530 g/mol.